The number of carbonyl (C=O) groups is 2. The predicted molar refractivity (Wildman–Crippen MR) is 71.7 cm³/mol. The van der Waals surface area contributed by atoms with E-state index >= 15 is 0 Å². The van der Waals surface area contributed by atoms with Crippen molar-refractivity contribution in [3.8, 4) is 11.5 Å². The van der Waals surface area contributed by atoms with Crippen LogP contribution in [0.2, 0.25) is 0 Å². The van der Waals surface area contributed by atoms with E-state index in [1.54, 1.807) is 18.2 Å². The first-order valence-corrected chi connectivity index (χ1v) is 6.09. The van der Waals surface area contributed by atoms with E-state index in [2.05, 4.69) is 5.32 Å². The molecule has 0 aliphatic rings. The van der Waals surface area contributed by atoms with E-state index in [9.17, 15) is 9.59 Å². The highest BCUT2D eigenvalue weighted by atomic mass is 16.5. The van der Waals surface area contributed by atoms with Gasteiger partial charge in [-0.1, -0.05) is 13.8 Å². The van der Waals surface area contributed by atoms with Crippen LogP contribution in [-0.2, 0) is 4.79 Å². The van der Waals surface area contributed by atoms with Gasteiger partial charge in [-0.25, -0.2) is 0 Å². The number of ether oxygens (including phenoxy) is 2. The fourth-order valence-corrected chi connectivity index (χ4v) is 1.39. The van der Waals surface area contributed by atoms with Gasteiger partial charge in [-0.2, -0.15) is 0 Å². The van der Waals surface area contributed by atoms with E-state index in [0.29, 0.717) is 29.5 Å². The molecule has 0 saturated heterocycles. The van der Waals surface area contributed by atoms with E-state index in [-0.39, 0.29) is 12.5 Å². The molecule has 104 valence electrons. The lowest BCUT2D eigenvalue weighted by Gasteiger charge is -2.11. The number of methoxy groups -OCH3 is 1. The molecule has 0 saturated carbocycles. The molecule has 0 unspecified atom stereocenters. The smallest absolute Gasteiger partial charge is 0.257 e. The van der Waals surface area contributed by atoms with Crippen LogP contribution in [0, 0.1) is 5.92 Å². The zero-order valence-corrected chi connectivity index (χ0v) is 11.4. The summed E-state index contributed by atoms with van der Waals surface area (Å²) >= 11 is 0. The van der Waals surface area contributed by atoms with Crippen molar-refractivity contribution in [2.75, 3.05) is 20.3 Å². The summed E-state index contributed by atoms with van der Waals surface area (Å²) in [5.41, 5.74) is 0.494. The highest BCUT2D eigenvalue weighted by molar-refractivity contribution is 5.78. The third kappa shape index (κ3) is 4.99. The van der Waals surface area contributed by atoms with Gasteiger partial charge in [-0.3, -0.25) is 9.59 Å². The topological polar surface area (TPSA) is 64.6 Å². The first-order chi connectivity index (χ1) is 9.06. The number of nitrogens with one attached hydrogen (secondary N) is 1. The van der Waals surface area contributed by atoms with Crippen LogP contribution < -0.4 is 14.8 Å². The summed E-state index contributed by atoms with van der Waals surface area (Å²) in [7, 11) is 1.48. The standard InChI is InChI=1S/C14H19NO4/c1-10(2)7-15-14(17)9-19-12-5-4-11(8-16)6-13(12)18-3/h4-6,8,10H,7,9H2,1-3H3,(H,15,17). The summed E-state index contributed by atoms with van der Waals surface area (Å²) in [6, 6.07) is 4.78. The van der Waals surface area contributed by atoms with Crippen molar-refractivity contribution in [2.45, 2.75) is 13.8 Å². The average Bonchev–Trinajstić information content (AvgIpc) is 2.42. The van der Waals surface area contributed by atoms with E-state index in [1.165, 1.54) is 7.11 Å². The molecular weight excluding hydrogens is 246 g/mol. The lowest BCUT2D eigenvalue weighted by molar-refractivity contribution is -0.123. The molecule has 0 aromatic heterocycles. The average molecular weight is 265 g/mol. The van der Waals surface area contributed by atoms with Gasteiger partial charge in [0.25, 0.3) is 5.91 Å². The van der Waals surface area contributed by atoms with Crippen molar-refractivity contribution >= 4 is 12.2 Å². The minimum atomic E-state index is -0.185. The summed E-state index contributed by atoms with van der Waals surface area (Å²) < 4.78 is 10.5. The fourth-order valence-electron chi connectivity index (χ4n) is 1.39. The normalized spacial score (nSPS) is 10.1. The zero-order chi connectivity index (χ0) is 14.3. The van der Waals surface area contributed by atoms with Gasteiger partial charge in [0.1, 0.15) is 6.29 Å². The molecule has 19 heavy (non-hydrogen) atoms. The Hall–Kier alpha value is -2.04. The highest BCUT2D eigenvalue weighted by Gasteiger charge is 2.08. The third-order valence-corrected chi connectivity index (χ3v) is 2.39. The van der Waals surface area contributed by atoms with E-state index in [1.807, 2.05) is 13.8 Å². The number of aldehydes is 1. The lowest BCUT2D eigenvalue weighted by Crippen LogP contribution is -2.31. The van der Waals surface area contributed by atoms with Gasteiger partial charge in [0.05, 0.1) is 7.11 Å². The Labute approximate surface area is 112 Å². The second kappa shape index (κ2) is 7.41. The molecule has 5 nitrogen and oxygen atoms in total. The van der Waals surface area contributed by atoms with Gasteiger partial charge in [-0.05, 0) is 24.1 Å². The molecule has 5 heteroatoms. The van der Waals surface area contributed by atoms with Crippen LogP contribution in [0.5, 0.6) is 11.5 Å². The summed E-state index contributed by atoms with van der Waals surface area (Å²) in [5.74, 6) is 1.08. The monoisotopic (exact) mass is 265 g/mol. The van der Waals surface area contributed by atoms with Gasteiger partial charge in [0.2, 0.25) is 0 Å². The predicted octanol–water partition coefficient (Wildman–Crippen LogP) is 1.66. The van der Waals surface area contributed by atoms with Gasteiger partial charge < -0.3 is 14.8 Å². The zero-order valence-electron chi connectivity index (χ0n) is 11.4. The number of amides is 1. The van der Waals surface area contributed by atoms with Crippen molar-refractivity contribution in [2.24, 2.45) is 5.92 Å². The van der Waals surface area contributed by atoms with Crippen molar-refractivity contribution < 1.29 is 19.1 Å². The van der Waals surface area contributed by atoms with Gasteiger partial charge in [0, 0.05) is 12.1 Å². The Kier molecular flexibility index (Phi) is 5.85. The molecule has 0 aliphatic heterocycles. The van der Waals surface area contributed by atoms with Gasteiger partial charge >= 0.3 is 0 Å². The summed E-state index contributed by atoms with van der Waals surface area (Å²) in [6.45, 7) is 4.57. The summed E-state index contributed by atoms with van der Waals surface area (Å²) in [5, 5.41) is 2.75. The second-order valence-electron chi connectivity index (χ2n) is 4.51. The van der Waals surface area contributed by atoms with Gasteiger partial charge in [0.15, 0.2) is 18.1 Å². The number of hydrogen-bond acceptors (Lipinski definition) is 4. The van der Waals surface area contributed by atoms with Crippen LogP contribution in [-0.4, -0.2) is 32.5 Å². The largest absolute Gasteiger partial charge is 0.493 e. The SMILES string of the molecule is COc1cc(C=O)ccc1OCC(=O)NCC(C)C. The minimum Gasteiger partial charge on any atom is -0.493 e. The molecule has 1 aromatic rings. The summed E-state index contributed by atoms with van der Waals surface area (Å²) in [4.78, 5) is 22.2. The van der Waals surface area contributed by atoms with Crippen LogP contribution in [0.4, 0.5) is 0 Å². The molecule has 1 amide bonds. The number of carbonyl (C=O) groups excluding carboxylic acids is 2. The number of benzene rings is 1. The molecule has 0 atom stereocenters. The van der Waals surface area contributed by atoms with E-state index in [4.69, 9.17) is 9.47 Å². The maximum atomic E-state index is 11.5. The molecule has 0 aliphatic carbocycles. The number of rotatable bonds is 7. The first-order valence-electron chi connectivity index (χ1n) is 6.09. The van der Waals surface area contributed by atoms with E-state index < -0.39 is 0 Å². The molecular formula is C14H19NO4. The van der Waals surface area contributed by atoms with Crippen molar-refractivity contribution in [3.63, 3.8) is 0 Å². The van der Waals surface area contributed by atoms with Crippen molar-refractivity contribution in [3.05, 3.63) is 23.8 Å². The Morgan fingerprint density at radius 2 is 2.11 bits per heavy atom. The molecule has 0 fully saturated rings. The molecule has 0 heterocycles. The minimum absolute atomic E-state index is 0.0798. The molecule has 1 aromatic carbocycles. The van der Waals surface area contributed by atoms with E-state index in [0.717, 1.165) is 6.29 Å². The molecule has 1 rings (SSSR count). The second-order valence-corrected chi connectivity index (χ2v) is 4.51. The van der Waals surface area contributed by atoms with Crippen LogP contribution in [0.15, 0.2) is 18.2 Å². The Morgan fingerprint density at radius 1 is 1.37 bits per heavy atom. The van der Waals surface area contributed by atoms with Crippen LogP contribution >= 0.6 is 0 Å². The Morgan fingerprint density at radius 3 is 2.68 bits per heavy atom. The number of hydrogen-bond donors (Lipinski definition) is 1. The Bertz CT molecular complexity index is 443. The lowest BCUT2D eigenvalue weighted by atomic mass is 10.2. The molecule has 0 bridgehead atoms. The van der Waals surface area contributed by atoms with Crippen molar-refractivity contribution in [1.82, 2.24) is 5.32 Å². The highest BCUT2D eigenvalue weighted by Crippen LogP contribution is 2.27. The van der Waals surface area contributed by atoms with Gasteiger partial charge in [-0.15, -0.1) is 0 Å². The maximum absolute atomic E-state index is 11.5. The van der Waals surface area contributed by atoms with Crippen LogP contribution in [0.1, 0.15) is 24.2 Å². The molecule has 0 spiro atoms. The first kappa shape index (κ1) is 15.0. The maximum Gasteiger partial charge on any atom is 0.257 e. The quantitative estimate of drug-likeness (QED) is 0.761. The van der Waals surface area contributed by atoms with Crippen LogP contribution in [0.3, 0.4) is 0 Å². The Balaban J connectivity index is 2.57. The van der Waals surface area contributed by atoms with Crippen LogP contribution in [0.25, 0.3) is 0 Å². The third-order valence-electron chi connectivity index (χ3n) is 2.39. The molecule has 0 radical (unpaired) electrons. The fraction of sp³-hybridized carbons (Fsp3) is 0.429. The summed E-state index contributed by atoms with van der Waals surface area (Å²) in [6.07, 6.45) is 0.724. The van der Waals surface area contributed by atoms with Crippen molar-refractivity contribution in [1.29, 1.82) is 0 Å². The molecule has 1 N–H and O–H groups in total.